The fourth-order valence-corrected chi connectivity index (χ4v) is 4.63. The van der Waals surface area contributed by atoms with Crippen LogP contribution in [-0.4, -0.2) is 61.0 Å². The van der Waals surface area contributed by atoms with Gasteiger partial charge in [0.2, 0.25) is 0 Å². The van der Waals surface area contributed by atoms with Crippen molar-refractivity contribution in [3.63, 3.8) is 0 Å². The molecule has 4 nitrogen and oxygen atoms in total. The van der Waals surface area contributed by atoms with Crippen LogP contribution in [0.1, 0.15) is 16.1 Å². The Hall–Kier alpha value is -1.47. The Balaban J connectivity index is 0.00000196. The zero-order valence-corrected chi connectivity index (χ0v) is 16.1. The molecule has 0 radical (unpaired) electrons. The lowest BCUT2D eigenvalue weighted by Gasteiger charge is -2.32. The van der Waals surface area contributed by atoms with E-state index < -0.39 is 0 Å². The van der Waals surface area contributed by atoms with E-state index in [1.165, 1.54) is 23.5 Å². The molecule has 26 heavy (non-hydrogen) atoms. The lowest BCUT2D eigenvalue weighted by Crippen LogP contribution is -2.49. The number of nitrogens with one attached hydrogen (secondary N) is 1. The Labute approximate surface area is 163 Å². The topological polar surface area (TPSA) is 35.6 Å². The summed E-state index contributed by atoms with van der Waals surface area (Å²) in [5.74, 6) is -0.122. The predicted octanol–water partition coefficient (Wildman–Crippen LogP) is 3.10. The van der Waals surface area contributed by atoms with E-state index in [4.69, 9.17) is 0 Å². The van der Waals surface area contributed by atoms with E-state index in [-0.39, 0.29) is 24.1 Å². The summed E-state index contributed by atoms with van der Waals surface area (Å²) in [6, 6.07) is 10.8. The Kier molecular flexibility index (Phi) is 6.29. The first-order valence-corrected chi connectivity index (χ1v) is 9.62. The number of carbonyl (C=O) groups is 1. The third-order valence-corrected chi connectivity index (χ3v) is 6.19. The molecular formula is C19H23ClFN3OS. The molecule has 1 atom stereocenters. The fraction of sp³-hybridized carbons (Fsp3) is 0.421. The van der Waals surface area contributed by atoms with E-state index >= 15 is 0 Å². The molecule has 140 valence electrons. The van der Waals surface area contributed by atoms with Crippen molar-refractivity contribution in [2.45, 2.75) is 12.5 Å². The van der Waals surface area contributed by atoms with Gasteiger partial charge < -0.3 is 10.2 Å². The molecule has 7 heteroatoms. The van der Waals surface area contributed by atoms with E-state index in [0.29, 0.717) is 6.04 Å². The molecule has 1 unspecified atom stereocenters. The molecule has 1 aromatic heterocycles. The van der Waals surface area contributed by atoms with Gasteiger partial charge in [-0.25, -0.2) is 4.39 Å². The van der Waals surface area contributed by atoms with Gasteiger partial charge in [0.25, 0.3) is 5.91 Å². The van der Waals surface area contributed by atoms with Crippen molar-refractivity contribution in [3.05, 3.63) is 47.1 Å². The second-order valence-corrected chi connectivity index (χ2v) is 7.73. The summed E-state index contributed by atoms with van der Waals surface area (Å²) in [6.45, 7) is 5.87. The molecule has 2 aliphatic heterocycles. The van der Waals surface area contributed by atoms with Gasteiger partial charge in [-0.3, -0.25) is 9.69 Å². The maximum absolute atomic E-state index is 13.1. The molecule has 4 rings (SSSR count). The maximum Gasteiger partial charge on any atom is 0.263 e. The number of thiophene rings is 1. The van der Waals surface area contributed by atoms with Gasteiger partial charge in [0.15, 0.2) is 0 Å². The van der Waals surface area contributed by atoms with Gasteiger partial charge in [-0.05, 0) is 36.2 Å². The van der Waals surface area contributed by atoms with Crippen LogP contribution >= 0.6 is 23.7 Å². The van der Waals surface area contributed by atoms with Crippen LogP contribution in [0.3, 0.4) is 0 Å². The standard InChI is InChI=1S/C19H22FN3OS.ClH/c20-15-3-1-14(2-4-15)17-5-6-18(25-17)19(24)23-10-7-16(13-23)22-11-8-21-9-12-22;/h1-6,16,21H,7-13H2;1H. The summed E-state index contributed by atoms with van der Waals surface area (Å²) < 4.78 is 13.1. The van der Waals surface area contributed by atoms with Crippen molar-refractivity contribution >= 4 is 29.7 Å². The Bertz CT molecular complexity index is 745. The summed E-state index contributed by atoms with van der Waals surface area (Å²) in [5.41, 5.74) is 0.950. The van der Waals surface area contributed by atoms with Gasteiger partial charge >= 0.3 is 0 Å². The average Bonchev–Trinajstić information content (AvgIpc) is 3.33. The normalized spacial score (nSPS) is 20.8. The minimum atomic E-state index is -0.243. The van der Waals surface area contributed by atoms with Crippen LogP contribution in [0, 0.1) is 5.82 Å². The smallest absolute Gasteiger partial charge is 0.263 e. The molecule has 0 saturated carbocycles. The molecule has 3 heterocycles. The zero-order chi connectivity index (χ0) is 17.2. The lowest BCUT2D eigenvalue weighted by atomic mass is 10.2. The molecule has 1 amide bonds. The highest BCUT2D eigenvalue weighted by atomic mass is 35.5. The van der Waals surface area contributed by atoms with Crippen LogP contribution in [-0.2, 0) is 0 Å². The first kappa shape index (κ1) is 19.3. The molecule has 0 spiro atoms. The summed E-state index contributed by atoms with van der Waals surface area (Å²) in [6.07, 6.45) is 1.06. The van der Waals surface area contributed by atoms with Gasteiger partial charge in [-0.2, -0.15) is 0 Å². The van der Waals surface area contributed by atoms with Crippen molar-refractivity contribution in [1.29, 1.82) is 0 Å². The first-order valence-electron chi connectivity index (χ1n) is 8.80. The SMILES string of the molecule is Cl.O=C(c1ccc(-c2ccc(F)cc2)s1)N1CCC(N2CCNCC2)C1. The molecule has 2 saturated heterocycles. The number of likely N-dealkylation sites (tertiary alicyclic amines) is 1. The summed E-state index contributed by atoms with van der Waals surface area (Å²) in [4.78, 5) is 19.1. The molecule has 0 bridgehead atoms. The first-order chi connectivity index (χ1) is 12.2. The quantitative estimate of drug-likeness (QED) is 0.867. The van der Waals surface area contributed by atoms with E-state index in [9.17, 15) is 9.18 Å². The van der Waals surface area contributed by atoms with Crippen LogP contribution in [0.2, 0.25) is 0 Å². The maximum atomic E-state index is 13.1. The van der Waals surface area contributed by atoms with Crippen LogP contribution in [0.15, 0.2) is 36.4 Å². The molecule has 2 fully saturated rings. The number of rotatable bonds is 3. The predicted molar refractivity (Wildman–Crippen MR) is 106 cm³/mol. The van der Waals surface area contributed by atoms with Crippen molar-refractivity contribution in [3.8, 4) is 10.4 Å². The molecular weight excluding hydrogens is 373 g/mol. The highest BCUT2D eigenvalue weighted by Gasteiger charge is 2.31. The number of halogens is 2. The minimum Gasteiger partial charge on any atom is -0.336 e. The summed E-state index contributed by atoms with van der Waals surface area (Å²) >= 11 is 1.49. The van der Waals surface area contributed by atoms with Crippen LogP contribution < -0.4 is 5.32 Å². The highest BCUT2D eigenvalue weighted by Crippen LogP contribution is 2.30. The number of nitrogens with zero attached hydrogens (tertiary/aromatic N) is 2. The van der Waals surface area contributed by atoms with E-state index in [1.54, 1.807) is 12.1 Å². The van der Waals surface area contributed by atoms with E-state index in [0.717, 1.165) is 61.0 Å². The van der Waals surface area contributed by atoms with Crippen molar-refractivity contribution in [1.82, 2.24) is 15.1 Å². The number of hydrogen-bond acceptors (Lipinski definition) is 4. The molecule has 0 aliphatic carbocycles. The van der Waals surface area contributed by atoms with Crippen LogP contribution in [0.4, 0.5) is 4.39 Å². The van der Waals surface area contributed by atoms with Crippen LogP contribution in [0.25, 0.3) is 10.4 Å². The van der Waals surface area contributed by atoms with Crippen molar-refractivity contribution in [2.24, 2.45) is 0 Å². The van der Waals surface area contributed by atoms with Gasteiger partial charge in [-0.15, -0.1) is 23.7 Å². The van der Waals surface area contributed by atoms with E-state index in [2.05, 4.69) is 10.2 Å². The third-order valence-electron chi connectivity index (χ3n) is 5.06. The minimum absolute atomic E-state index is 0. The third kappa shape index (κ3) is 4.09. The molecule has 1 aromatic carbocycles. The average molecular weight is 396 g/mol. The summed E-state index contributed by atoms with van der Waals surface area (Å²) in [5, 5.41) is 3.38. The Morgan fingerprint density at radius 2 is 1.81 bits per heavy atom. The second kappa shape index (κ2) is 8.48. The number of carbonyl (C=O) groups excluding carboxylic acids is 1. The van der Waals surface area contributed by atoms with Crippen molar-refractivity contribution < 1.29 is 9.18 Å². The zero-order valence-electron chi connectivity index (χ0n) is 14.5. The number of benzene rings is 1. The van der Waals surface area contributed by atoms with E-state index in [1.807, 2.05) is 17.0 Å². The van der Waals surface area contributed by atoms with Gasteiger partial charge in [0, 0.05) is 50.2 Å². The second-order valence-electron chi connectivity index (χ2n) is 6.65. The summed E-state index contributed by atoms with van der Waals surface area (Å²) in [7, 11) is 0. The number of amides is 1. The number of piperazine rings is 1. The lowest BCUT2D eigenvalue weighted by molar-refractivity contribution is 0.0778. The van der Waals surface area contributed by atoms with Gasteiger partial charge in [0.05, 0.1) is 4.88 Å². The molecule has 1 N–H and O–H groups in total. The molecule has 2 aliphatic rings. The van der Waals surface area contributed by atoms with Crippen LogP contribution in [0.5, 0.6) is 0 Å². The van der Waals surface area contributed by atoms with Gasteiger partial charge in [-0.1, -0.05) is 12.1 Å². The fourth-order valence-electron chi connectivity index (χ4n) is 3.65. The monoisotopic (exact) mass is 395 g/mol. The van der Waals surface area contributed by atoms with Crippen molar-refractivity contribution in [2.75, 3.05) is 39.3 Å². The highest BCUT2D eigenvalue weighted by molar-refractivity contribution is 7.17. The van der Waals surface area contributed by atoms with Gasteiger partial charge in [0.1, 0.15) is 5.82 Å². The number of hydrogen-bond donors (Lipinski definition) is 1. The largest absolute Gasteiger partial charge is 0.336 e. The Morgan fingerprint density at radius 3 is 2.54 bits per heavy atom. The Morgan fingerprint density at radius 1 is 1.08 bits per heavy atom. The molecule has 2 aromatic rings.